The summed E-state index contributed by atoms with van der Waals surface area (Å²) in [7, 11) is 0. The molecule has 0 aliphatic carbocycles. The summed E-state index contributed by atoms with van der Waals surface area (Å²) in [4.78, 5) is 21.2. The van der Waals surface area contributed by atoms with Crippen LogP contribution in [-0.4, -0.2) is 44.5 Å². The van der Waals surface area contributed by atoms with Crippen LogP contribution in [0.5, 0.6) is 0 Å². The lowest BCUT2D eigenvalue weighted by molar-refractivity contribution is 0.0952. The monoisotopic (exact) mass is 370 g/mol. The topological polar surface area (TPSA) is 84.7 Å². The van der Waals surface area contributed by atoms with E-state index in [0.717, 1.165) is 16.9 Å². The number of thioether (sulfide) groups is 1. The van der Waals surface area contributed by atoms with Crippen molar-refractivity contribution >= 4 is 34.5 Å². The molecular formula is C18H22N6OS. The minimum atomic E-state index is -0.0938. The molecule has 0 saturated heterocycles. The van der Waals surface area contributed by atoms with Gasteiger partial charge < -0.3 is 10.6 Å². The second-order valence-corrected chi connectivity index (χ2v) is 6.86. The van der Waals surface area contributed by atoms with E-state index in [4.69, 9.17) is 0 Å². The Morgan fingerprint density at radius 2 is 2.00 bits per heavy atom. The van der Waals surface area contributed by atoms with Gasteiger partial charge in [0, 0.05) is 18.2 Å². The van der Waals surface area contributed by atoms with E-state index in [9.17, 15) is 4.79 Å². The number of benzene rings is 1. The van der Waals surface area contributed by atoms with Gasteiger partial charge in [0.05, 0.1) is 18.1 Å². The standard InChI is InChI=1S/C18H22N6OS/c1-12(2)21-15-14-11-20-24(16(14)23-18(22-15)26-3)10-9-19-17(25)13-7-5-4-6-8-13/h4-8,11-12H,9-10H2,1-3H3,(H,19,25)(H,21,22,23). The number of nitrogens with zero attached hydrogens (tertiary/aromatic N) is 4. The molecule has 8 heteroatoms. The number of anilines is 1. The predicted molar refractivity (Wildman–Crippen MR) is 105 cm³/mol. The van der Waals surface area contributed by atoms with Gasteiger partial charge >= 0.3 is 0 Å². The third kappa shape index (κ3) is 4.13. The van der Waals surface area contributed by atoms with Gasteiger partial charge in [0.25, 0.3) is 5.91 Å². The molecule has 3 aromatic rings. The highest BCUT2D eigenvalue weighted by atomic mass is 32.2. The van der Waals surface area contributed by atoms with Crippen LogP contribution in [0.1, 0.15) is 24.2 Å². The summed E-state index contributed by atoms with van der Waals surface area (Å²) in [5.41, 5.74) is 1.41. The zero-order valence-electron chi connectivity index (χ0n) is 15.1. The molecule has 0 spiro atoms. The maximum atomic E-state index is 12.1. The van der Waals surface area contributed by atoms with Gasteiger partial charge in [-0.3, -0.25) is 4.79 Å². The lowest BCUT2D eigenvalue weighted by Gasteiger charge is -2.11. The molecule has 0 unspecified atom stereocenters. The fourth-order valence-corrected chi connectivity index (χ4v) is 2.90. The molecule has 0 radical (unpaired) electrons. The number of hydrogen-bond donors (Lipinski definition) is 2. The molecular weight excluding hydrogens is 348 g/mol. The summed E-state index contributed by atoms with van der Waals surface area (Å²) in [5, 5.41) is 12.3. The average Bonchev–Trinajstić information content (AvgIpc) is 3.05. The van der Waals surface area contributed by atoms with Gasteiger partial charge in [-0.2, -0.15) is 5.10 Å². The number of rotatable bonds is 7. The Labute approximate surface area is 156 Å². The van der Waals surface area contributed by atoms with Gasteiger partial charge in [-0.15, -0.1) is 0 Å². The highest BCUT2D eigenvalue weighted by molar-refractivity contribution is 7.98. The predicted octanol–water partition coefficient (Wildman–Crippen LogP) is 2.80. The van der Waals surface area contributed by atoms with Crippen LogP contribution >= 0.6 is 11.8 Å². The Morgan fingerprint density at radius 1 is 1.23 bits per heavy atom. The molecule has 2 aromatic heterocycles. The van der Waals surface area contributed by atoms with Gasteiger partial charge in [0.1, 0.15) is 5.82 Å². The number of hydrogen-bond acceptors (Lipinski definition) is 6. The van der Waals surface area contributed by atoms with Crippen molar-refractivity contribution in [2.45, 2.75) is 31.6 Å². The zero-order chi connectivity index (χ0) is 18.5. The average molecular weight is 370 g/mol. The molecule has 0 saturated carbocycles. The summed E-state index contributed by atoms with van der Waals surface area (Å²) in [6.07, 6.45) is 3.71. The van der Waals surface area contributed by atoms with Crippen molar-refractivity contribution in [3.63, 3.8) is 0 Å². The van der Waals surface area contributed by atoms with E-state index in [1.165, 1.54) is 11.8 Å². The largest absolute Gasteiger partial charge is 0.367 e. The Hall–Kier alpha value is -2.61. The molecule has 2 N–H and O–H groups in total. The van der Waals surface area contributed by atoms with Crippen molar-refractivity contribution in [2.24, 2.45) is 0 Å². The van der Waals surface area contributed by atoms with Crippen LogP contribution in [0.15, 0.2) is 41.7 Å². The van der Waals surface area contributed by atoms with E-state index >= 15 is 0 Å². The van der Waals surface area contributed by atoms with Crippen LogP contribution in [0.4, 0.5) is 5.82 Å². The van der Waals surface area contributed by atoms with Gasteiger partial charge in [-0.25, -0.2) is 14.6 Å². The summed E-state index contributed by atoms with van der Waals surface area (Å²) in [5.74, 6) is 0.692. The Bertz CT molecular complexity index is 893. The number of amides is 1. The molecule has 1 aromatic carbocycles. The number of fused-ring (bicyclic) bond motifs is 1. The Morgan fingerprint density at radius 3 is 2.69 bits per heavy atom. The summed E-state index contributed by atoms with van der Waals surface area (Å²) in [6, 6.07) is 9.43. The first-order chi connectivity index (χ1) is 12.6. The molecule has 26 heavy (non-hydrogen) atoms. The SMILES string of the molecule is CSc1nc(NC(C)C)c2cnn(CCNC(=O)c3ccccc3)c2n1. The van der Waals surface area contributed by atoms with Gasteiger partial charge in [0.15, 0.2) is 10.8 Å². The minimum absolute atomic E-state index is 0.0938. The number of carbonyl (C=O) groups is 1. The van der Waals surface area contributed by atoms with Crippen molar-refractivity contribution in [1.29, 1.82) is 0 Å². The van der Waals surface area contributed by atoms with E-state index in [-0.39, 0.29) is 11.9 Å². The molecule has 0 bridgehead atoms. The molecule has 0 fully saturated rings. The van der Waals surface area contributed by atoms with Crippen molar-refractivity contribution < 1.29 is 4.79 Å². The highest BCUT2D eigenvalue weighted by Crippen LogP contribution is 2.23. The molecule has 0 aliphatic heterocycles. The Kier molecular flexibility index (Phi) is 5.72. The third-order valence-electron chi connectivity index (χ3n) is 3.73. The van der Waals surface area contributed by atoms with E-state index in [2.05, 4.69) is 39.5 Å². The van der Waals surface area contributed by atoms with Crippen LogP contribution in [0.25, 0.3) is 11.0 Å². The number of carbonyl (C=O) groups excluding carboxylic acids is 1. The molecule has 2 heterocycles. The molecule has 0 aliphatic rings. The van der Waals surface area contributed by atoms with Gasteiger partial charge in [-0.05, 0) is 32.2 Å². The van der Waals surface area contributed by atoms with Crippen LogP contribution in [-0.2, 0) is 6.54 Å². The smallest absolute Gasteiger partial charge is 0.251 e. The zero-order valence-corrected chi connectivity index (χ0v) is 15.9. The van der Waals surface area contributed by atoms with E-state index in [1.807, 2.05) is 24.5 Å². The van der Waals surface area contributed by atoms with E-state index in [0.29, 0.717) is 23.8 Å². The van der Waals surface area contributed by atoms with Gasteiger partial charge in [-0.1, -0.05) is 30.0 Å². The van der Waals surface area contributed by atoms with Crippen LogP contribution in [0, 0.1) is 0 Å². The Balaban J connectivity index is 1.75. The van der Waals surface area contributed by atoms with Crippen molar-refractivity contribution in [3.05, 3.63) is 42.1 Å². The summed E-state index contributed by atoms with van der Waals surface area (Å²) >= 11 is 1.49. The summed E-state index contributed by atoms with van der Waals surface area (Å²) < 4.78 is 1.80. The normalized spacial score (nSPS) is 11.1. The fraction of sp³-hybridized carbons (Fsp3) is 0.333. The second-order valence-electron chi connectivity index (χ2n) is 6.08. The highest BCUT2D eigenvalue weighted by Gasteiger charge is 2.13. The maximum absolute atomic E-state index is 12.1. The molecule has 3 rings (SSSR count). The van der Waals surface area contributed by atoms with E-state index in [1.54, 1.807) is 23.0 Å². The third-order valence-corrected chi connectivity index (χ3v) is 4.28. The summed E-state index contributed by atoms with van der Waals surface area (Å²) in [6.45, 7) is 5.14. The fourth-order valence-electron chi connectivity index (χ4n) is 2.54. The van der Waals surface area contributed by atoms with Gasteiger partial charge in [0.2, 0.25) is 0 Å². The van der Waals surface area contributed by atoms with Crippen molar-refractivity contribution in [2.75, 3.05) is 18.1 Å². The van der Waals surface area contributed by atoms with Crippen LogP contribution < -0.4 is 10.6 Å². The lowest BCUT2D eigenvalue weighted by atomic mass is 10.2. The van der Waals surface area contributed by atoms with E-state index < -0.39 is 0 Å². The first-order valence-electron chi connectivity index (χ1n) is 8.46. The quantitative estimate of drug-likeness (QED) is 0.491. The first-order valence-corrected chi connectivity index (χ1v) is 9.68. The van der Waals surface area contributed by atoms with Crippen molar-refractivity contribution in [1.82, 2.24) is 25.1 Å². The minimum Gasteiger partial charge on any atom is -0.367 e. The number of aromatic nitrogens is 4. The first kappa shape index (κ1) is 18.2. The van der Waals surface area contributed by atoms with Crippen LogP contribution in [0.3, 0.4) is 0 Å². The second kappa shape index (κ2) is 8.18. The molecule has 136 valence electrons. The maximum Gasteiger partial charge on any atom is 0.251 e. The molecule has 7 nitrogen and oxygen atoms in total. The van der Waals surface area contributed by atoms with Crippen molar-refractivity contribution in [3.8, 4) is 0 Å². The molecule has 0 atom stereocenters. The number of nitrogens with one attached hydrogen (secondary N) is 2. The lowest BCUT2D eigenvalue weighted by Crippen LogP contribution is -2.27. The molecule has 1 amide bonds. The van der Waals surface area contributed by atoms with Crippen LogP contribution in [0.2, 0.25) is 0 Å².